The molecule has 1 heterocycles. The summed E-state index contributed by atoms with van der Waals surface area (Å²) in [7, 11) is 0. The van der Waals surface area contributed by atoms with Crippen molar-refractivity contribution in [3.8, 4) is 0 Å². The molecule has 0 bridgehead atoms. The van der Waals surface area contributed by atoms with Gasteiger partial charge in [0.05, 0.1) is 0 Å². The van der Waals surface area contributed by atoms with Crippen molar-refractivity contribution in [3.05, 3.63) is 57.8 Å². The van der Waals surface area contributed by atoms with Crippen LogP contribution in [-0.2, 0) is 13.0 Å². The van der Waals surface area contributed by atoms with Gasteiger partial charge >= 0.3 is 0 Å². The summed E-state index contributed by atoms with van der Waals surface area (Å²) in [5.41, 5.74) is 8.62. The SMILES string of the molecule is CCc1ccccc1C(CN)NCc1cccs1. The van der Waals surface area contributed by atoms with Gasteiger partial charge in [0.2, 0.25) is 0 Å². The van der Waals surface area contributed by atoms with Crippen LogP contribution in [0.4, 0.5) is 0 Å². The maximum absolute atomic E-state index is 5.91. The fraction of sp³-hybridized carbons (Fsp3) is 0.333. The number of thiophene rings is 1. The zero-order chi connectivity index (χ0) is 12.8. The standard InChI is InChI=1S/C15H20N2S/c1-2-12-6-3-4-8-14(12)15(10-16)17-11-13-7-5-9-18-13/h3-9,15,17H,2,10-11,16H2,1H3. The second kappa shape index (κ2) is 6.69. The predicted molar refractivity (Wildman–Crippen MR) is 78.8 cm³/mol. The summed E-state index contributed by atoms with van der Waals surface area (Å²) < 4.78 is 0. The number of rotatable bonds is 6. The highest BCUT2D eigenvalue weighted by Gasteiger charge is 2.12. The fourth-order valence-electron chi connectivity index (χ4n) is 2.15. The molecule has 0 fully saturated rings. The normalized spacial score (nSPS) is 12.6. The van der Waals surface area contributed by atoms with E-state index in [0.717, 1.165) is 13.0 Å². The minimum atomic E-state index is 0.239. The zero-order valence-electron chi connectivity index (χ0n) is 10.7. The van der Waals surface area contributed by atoms with E-state index in [1.165, 1.54) is 16.0 Å². The summed E-state index contributed by atoms with van der Waals surface area (Å²) >= 11 is 1.78. The fourth-order valence-corrected chi connectivity index (χ4v) is 2.81. The molecule has 3 N–H and O–H groups in total. The van der Waals surface area contributed by atoms with Gasteiger partial charge < -0.3 is 11.1 Å². The summed E-state index contributed by atoms with van der Waals surface area (Å²) in [4.78, 5) is 1.35. The van der Waals surface area contributed by atoms with Gasteiger partial charge in [-0.2, -0.15) is 0 Å². The Bertz CT molecular complexity index is 465. The Morgan fingerprint density at radius 3 is 2.72 bits per heavy atom. The molecule has 0 saturated heterocycles. The molecule has 2 nitrogen and oxygen atoms in total. The zero-order valence-corrected chi connectivity index (χ0v) is 11.5. The van der Waals surface area contributed by atoms with E-state index in [1.807, 2.05) is 0 Å². The second-order valence-corrected chi connectivity index (χ2v) is 5.33. The van der Waals surface area contributed by atoms with Crippen LogP contribution in [-0.4, -0.2) is 6.54 Å². The first kappa shape index (κ1) is 13.3. The van der Waals surface area contributed by atoms with E-state index in [4.69, 9.17) is 5.73 Å². The van der Waals surface area contributed by atoms with Crippen LogP contribution in [0.5, 0.6) is 0 Å². The average Bonchev–Trinajstić information content (AvgIpc) is 2.93. The lowest BCUT2D eigenvalue weighted by Crippen LogP contribution is -2.28. The van der Waals surface area contributed by atoms with Gasteiger partial charge in [-0.3, -0.25) is 0 Å². The number of hydrogen-bond acceptors (Lipinski definition) is 3. The van der Waals surface area contributed by atoms with E-state index in [1.54, 1.807) is 11.3 Å². The van der Waals surface area contributed by atoms with Gasteiger partial charge in [0, 0.05) is 24.0 Å². The molecule has 1 aromatic heterocycles. The van der Waals surface area contributed by atoms with Crippen molar-refractivity contribution >= 4 is 11.3 Å². The van der Waals surface area contributed by atoms with Crippen molar-refractivity contribution in [1.29, 1.82) is 0 Å². The topological polar surface area (TPSA) is 38.0 Å². The molecule has 3 heteroatoms. The molecule has 0 saturated carbocycles. The van der Waals surface area contributed by atoms with E-state index in [0.29, 0.717) is 6.54 Å². The summed E-state index contributed by atoms with van der Waals surface area (Å²) in [6.45, 7) is 3.70. The van der Waals surface area contributed by atoms with Crippen molar-refractivity contribution in [2.75, 3.05) is 6.54 Å². The Morgan fingerprint density at radius 2 is 2.06 bits per heavy atom. The highest BCUT2D eigenvalue weighted by Crippen LogP contribution is 2.19. The van der Waals surface area contributed by atoms with E-state index < -0.39 is 0 Å². The molecule has 1 atom stereocenters. The van der Waals surface area contributed by atoms with Crippen LogP contribution in [0.2, 0.25) is 0 Å². The first-order valence-electron chi connectivity index (χ1n) is 6.38. The molecule has 0 amide bonds. The molecular formula is C15H20N2S. The van der Waals surface area contributed by atoms with Gasteiger partial charge in [-0.15, -0.1) is 11.3 Å². The largest absolute Gasteiger partial charge is 0.329 e. The van der Waals surface area contributed by atoms with E-state index in [-0.39, 0.29) is 6.04 Å². The third-order valence-electron chi connectivity index (χ3n) is 3.15. The maximum atomic E-state index is 5.91. The highest BCUT2D eigenvalue weighted by molar-refractivity contribution is 7.09. The van der Waals surface area contributed by atoms with Gasteiger partial charge in [0.25, 0.3) is 0 Å². The van der Waals surface area contributed by atoms with Crippen LogP contribution in [0.25, 0.3) is 0 Å². The quantitative estimate of drug-likeness (QED) is 0.837. The lowest BCUT2D eigenvalue weighted by Gasteiger charge is -2.19. The molecule has 0 radical (unpaired) electrons. The maximum Gasteiger partial charge on any atom is 0.0450 e. The second-order valence-electron chi connectivity index (χ2n) is 4.30. The number of aryl methyl sites for hydroxylation is 1. The van der Waals surface area contributed by atoms with Crippen LogP contribution < -0.4 is 11.1 Å². The Labute approximate surface area is 113 Å². The Hall–Kier alpha value is -1.16. The first-order valence-corrected chi connectivity index (χ1v) is 7.26. The minimum Gasteiger partial charge on any atom is -0.329 e. The van der Waals surface area contributed by atoms with Gasteiger partial charge in [-0.05, 0) is 29.0 Å². The summed E-state index contributed by atoms with van der Waals surface area (Å²) in [5, 5.41) is 5.65. The van der Waals surface area contributed by atoms with Gasteiger partial charge in [0.15, 0.2) is 0 Å². The molecule has 96 valence electrons. The van der Waals surface area contributed by atoms with E-state index in [2.05, 4.69) is 54.0 Å². The number of benzene rings is 1. The number of nitrogens with two attached hydrogens (primary N) is 1. The Balaban J connectivity index is 2.08. The van der Waals surface area contributed by atoms with Crippen molar-refractivity contribution in [2.45, 2.75) is 25.9 Å². The third kappa shape index (κ3) is 3.19. The molecule has 0 aliphatic rings. The van der Waals surface area contributed by atoms with Crippen LogP contribution in [0, 0.1) is 0 Å². The highest BCUT2D eigenvalue weighted by atomic mass is 32.1. The van der Waals surface area contributed by atoms with Gasteiger partial charge in [-0.25, -0.2) is 0 Å². The van der Waals surface area contributed by atoms with Crippen LogP contribution in [0.3, 0.4) is 0 Å². The van der Waals surface area contributed by atoms with Crippen molar-refractivity contribution < 1.29 is 0 Å². The molecule has 0 spiro atoms. The molecule has 2 aromatic rings. The molecule has 18 heavy (non-hydrogen) atoms. The lowest BCUT2D eigenvalue weighted by atomic mass is 9.98. The summed E-state index contributed by atoms with van der Waals surface area (Å²) in [6.07, 6.45) is 1.05. The van der Waals surface area contributed by atoms with Crippen LogP contribution in [0.1, 0.15) is 29.0 Å². The molecule has 2 rings (SSSR count). The van der Waals surface area contributed by atoms with Crippen molar-refractivity contribution in [1.82, 2.24) is 5.32 Å². The summed E-state index contributed by atoms with van der Waals surface area (Å²) in [6, 6.07) is 13.0. The predicted octanol–water partition coefficient (Wildman–Crippen LogP) is 3.10. The van der Waals surface area contributed by atoms with Gasteiger partial charge in [0.1, 0.15) is 0 Å². The van der Waals surface area contributed by atoms with Crippen LogP contribution >= 0.6 is 11.3 Å². The molecule has 1 aromatic carbocycles. The monoisotopic (exact) mass is 260 g/mol. The smallest absolute Gasteiger partial charge is 0.0450 e. The molecule has 0 aliphatic heterocycles. The lowest BCUT2D eigenvalue weighted by molar-refractivity contribution is 0.541. The number of nitrogens with one attached hydrogen (secondary N) is 1. The van der Waals surface area contributed by atoms with E-state index in [9.17, 15) is 0 Å². The Morgan fingerprint density at radius 1 is 1.22 bits per heavy atom. The Kier molecular flexibility index (Phi) is 4.93. The molecule has 0 aliphatic carbocycles. The molecule has 1 unspecified atom stereocenters. The molecular weight excluding hydrogens is 240 g/mol. The average molecular weight is 260 g/mol. The third-order valence-corrected chi connectivity index (χ3v) is 4.03. The first-order chi connectivity index (χ1) is 8.85. The van der Waals surface area contributed by atoms with Crippen molar-refractivity contribution in [3.63, 3.8) is 0 Å². The summed E-state index contributed by atoms with van der Waals surface area (Å²) in [5.74, 6) is 0. The van der Waals surface area contributed by atoms with Gasteiger partial charge in [-0.1, -0.05) is 37.3 Å². The van der Waals surface area contributed by atoms with Crippen molar-refractivity contribution in [2.24, 2.45) is 5.73 Å². The number of hydrogen-bond donors (Lipinski definition) is 2. The van der Waals surface area contributed by atoms with E-state index >= 15 is 0 Å². The minimum absolute atomic E-state index is 0.239. The van der Waals surface area contributed by atoms with Crippen LogP contribution in [0.15, 0.2) is 41.8 Å².